The minimum absolute atomic E-state index is 0.00547. The van der Waals surface area contributed by atoms with E-state index in [1.54, 1.807) is 34.4 Å². The van der Waals surface area contributed by atoms with Crippen molar-refractivity contribution in [1.82, 2.24) is 9.29 Å². The number of anilines is 1. The van der Waals surface area contributed by atoms with E-state index < -0.39 is 10.0 Å². The summed E-state index contributed by atoms with van der Waals surface area (Å²) in [5, 5.41) is 3.00. The van der Waals surface area contributed by atoms with Crippen LogP contribution in [0.4, 0.5) is 5.69 Å². The second kappa shape index (κ2) is 8.93. The molecule has 8 heteroatoms. The van der Waals surface area contributed by atoms with Gasteiger partial charge in [0.15, 0.2) is 0 Å². The molecule has 29 heavy (non-hydrogen) atoms. The quantitative estimate of drug-likeness (QED) is 0.663. The summed E-state index contributed by atoms with van der Waals surface area (Å²) in [7, 11) is -3.51. The summed E-state index contributed by atoms with van der Waals surface area (Å²) in [6, 6.07) is 5.14. The van der Waals surface area contributed by atoms with E-state index >= 15 is 0 Å². The van der Waals surface area contributed by atoms with Gasteiger partial charge in [0.2, 0.25) is 15.9 Å². The average Bonchev–Trinajstić information content (AvgIpc) is 3.16. The van der Waals surface area contributed by atoms with E-state index in [0.717, 1.165) is 34.8 Å². The van der Waals surface area contributed by atoms with E-state index in [2.05, 4.69) is 18.8 Å². The topological polar surface area (TPSA) is 70.6 Å². The van der Waals surface area contributed by atoms with Gasteiger partial charge in [0.25, 0.3) is 0 Å². The van der Waals surface area contributed by atoms with Crippen molar-refractivity contribution in [2.75, 3.05) is 24.5 Å². The van der Waals surface area contributed by atoms with Crippen molar-refractivity contribution in [3.63, 3.8) is 0 Å². The maximum absolute atomic E-state index is 13.0. The van der Waals surface area contributed by atoms with Crippen molar-refractivity contribution < 1.29 is 13.2 Å². The Labute approximate surface area is 177 Å². The summed E-state index contributed by atoms with van der Waals surface area (Å²) in [6.45, 7) is 9.38. The Morgan fingerprint density at radius 2 is 2.00 bits per heavy atom. The number of amides is 1. The Morgan fingerprint density at radius 1 is 1.28 bits per heavy atom. The molecule has 3 rings (SSSR count). The molecule has 0 saturated heterocycles. The van der Waals surface area contributed by atoms with Gasteiger partial charge in [-0.05, 0) is 36.6 Å². The van der Waals surface area contributed by atoms with Crippen LogP contribution in [0, 0.1) is 0 Å². The molecule has 0 atom stereocenters. The maximum Gasteiger partial charge on any atom is 0.243 e. The SMILES string of the molecule is CCN(CC)S(=O)(=O)c1ccc2c(c1)CCCN2C(=O)Cc1csc(C(C)C)n1. The van der Waals surface area contributed by atoms with Crippen LogP contribution in [0.15, 0.2) is 28.5 Å². The normalized spacial score (nSPS) is 14.5. The van der Waals surface area contributed by atoms with Crippen LogP contribution in [0.25, 0.3) is 0 Å². The summed E-state index contributed by atoms with van der Waals surface area (Å²) in [4.78, 5) is 19.6. The molecule has 1 aromatic carbocycles. The van der Waals surface area contributed by atoms with Crippen LogP contribution in [0.2, 0.25) is 0 Å². The van der Waals surface area contributed by atoms with Crippen molar-refractivity contribution in [2.45, 2.75) is 57.8 Å². The van der Waals surface area contributed by atoms with Crippen LogP contribution in [0.1, 0.15) is 56.3 Å². The molecule has 1 aliphatic heterocycles. The Bertz CT molecular complexity index is 979. The van der Waals surface area contributed by atoms with Gasteiger partial charge in [-0.1, -0.05) is 27.7 Å². The monoisotopic (exact) mass is 435 g/mol. The smallest absolute Gasteiger partial charge is 0.243 e. The van der Waals surface area contributed by atoms with E-state index in [1.807, 2.05) is 19.2 Å². The first-order valence-corrected chi connectivity index (χ1v) is 12.5. The highest BCUT2D eigenvalue weighted by molar-refractivity contribution is 7.89. The molecule has 0 fully saturated rings. The fourth-order valence-electron chi connectivity index (χ4n) is 3.62. The molecule has 158 valence electrons. The summed E-state index contributed by atoms with van der Waals surface area (Å²) in [5.74, 6) is 0.358. The molecule has 2 heterocycles. The number of fused-ring (bicyclic) bond motifs is 1. The Kier molecular flexibility index (Phi) is 6.76. The third-order valence-corrected chi connectivity index (χ3v) is 8.45. The summed E-state index contributed by atoms with van der Waals surface area (Å²) < 4.78 is 27.1. The lowest BCUT2D eigenvalue weighted by Crippen LogP contribution is -2.37. The average molecular weight is 436 g/mol. The highest BCUT2D eigenvalue weighted by Gasteiger charge is 2.27. The van der Waals surface area contributed by atoms with Gasteiger partial charge in [-0.15, -0.1) is 11.3 Å². The Hall–Kier alpha value is -1.77. The number of hydrogen-bond donors (Lipinski definition) is 0. The molecule has 0 unspecified atom stereocenters. The molecule has 6 nitrogen and oxygen atoms in total. The Morgan fingerprint density at radius 3 is 2.62 bits per heavy atom. The third-order valence-electron chi connectivity index (χ3n) is 5.21. The number of nitrogens with zero attached hydrogens (tertiary/aromatic N) is 3. The van der Waals surface area contributed by atoms with E-state index in [1.165, 1.54) is 4.31 Å². The zero-order valence-corrected chi connectivity index (χ0v) is 19.1. The van der Waals surface area contributed by atoms with Crippen LogP contribution in [-0.4, -0.2) is 43.2 Å². The van der Waals surface area contributed by atoms with E-state index in [9.17, 15) is 13.2 Å². The fourth-order valence-corrected chi connectivity index (χ4v) is 5.97. The van der Waals surface area contributed by atoms with Crippen LogP contribution in [0.3, 0.4) is 0 Å². The number of thiazole rings is 1. The van der Waals surface area contributed by atoms with Crippen molar-refractivity contribution in [1.29, 1.82) is 0 Å². The first kappa shape index (κ1) is 21.9. The van der Waals surface area contributed by atoms with Crippen molar-refractivity contribution in [2.24, 2.45) is 0 Å². The molecule has 1 aromatic heterocycles. The predicted octanol–water partition coefficient (Wildman–Crippen LogP) is 3.82. The molecule has 2 aromatic rings. The molecule has 0 aliphatic carbocycles. The summed E-state index contributed by atoms with van der Waals surface area (Å²) >= 11 is 1.59. The number of rotatable bonds is 7. The molecular formula is C21H29N3O3S2. The van der Waals surface area contributed by atoms with Crippen LogP contribution < -0.4 is 4.90 Å². The number of aryl methyl sites for hydroxylation is 1. The fraction of sp³-hybridized carbons (Fsp3) is 0.524. The second-order valence-corrected chi connectivity index (χ2v) is 10.4. The number of sulfonamides is 1. The molecule has 0 radical (unpaired) electrons. The zero-order chi connectivity index (χ0) is 21.2. The molecule has 0 spiro atoms. The van der Waals surface area contributed by atoms with Gasteiger partial charge in [0, 0.05) is 36.6 Å². The van der Waals surface area contributed by atoms with Crippen molar-refractivity contribution in [3.8, 4) is 0 Å². The minimum Gasteiger partial charge on any atom is -0.312 e. The molecule has 0 bridgehead atoms. The van der Waals surface area contributed by atoms with Gasteiger partial charge >= 0.3 is 0 Å². The number of hydrogen-bond acceptors (Lipinski definition) is 5. The first-order valence-electron chi connectivity index (χ1n) is 10.2. The van der Waals surface area contributed by atoms with Gasteiger partial charge in [-0.25, -0.2) is 13.4 Å². The maximum atomic E-state index is 13.0. The van der Waals surface area contributed by atoms with Gasteiger partial charge in [0.1, 0.15) is 0 Å². The molecule has 1 amide bonds. The minimum atomic E-state index is -3.51. The van der Waals surface area contributed by atoms with Gasteiger partial charge < -0.3 is 4.90 Å². The largest absolute Gasteiger partial charge is 0.312 e. The highest BCUT2D eigenvalue weighted by Crippen LogP contribution is 2.31. The van der Waals surface area contributed by atoms with E-state index in [0.29, 0.717) is 30.4 Å². The number of carbonyl (C=O) groups excluding carboxylic acids is 1. The van der Waals surface area contributed by atoms with Crippen LogP contribution >= 0.6 is 11.3 Å². The second-order valence-electron chi connectivity index (χ2n) is 7.54. The number of benzene rings is 1. The molecular weight excluding hydrogens is 406 g/mol. The van der Waals surface area contributed by atoms with Gasteiger partial charge in [0.05, 0.1) is 22.0 Å². The summed E-state index contributed by atoms with van der Waals surface area (Å²) in [5.41, 5.74) is 2.54. The standard InChI is InChI=1S/C21H29N3O3S2/c1-5-23(6-2)29(26,27)18-9-10-19-16(12-18)8-7-11-24(19)20(25)13-17-14-28-21(22-17)15(3)4/h9-10,12,14-15H,5-8,11,13H2,1-4H3. The highest BCUT2D eigenvalue weighted by atomic mass is 32.2. The van der Waals surface area contributed by atoms with Crippen molar-refractivity contribution >= 4 is 33.0 Å². The third kappa shape index (κ3) is 4.54. The lowest BCUT2D eigenvalue weighted by Gasteiger charge is -2.30. The van der Waals surface area contributed by atoms with E-state index in [4.69, 9.17) is 0 Å². The number of carbonyl (C=O) groups is 1. The first-order chi connectivity index (χ1) is 13.8. The zero-order valence-electron chi connectivity index (χ0n) is 17.5. The van der Waals surface area contributed by atoms with Crippen LogP contribution in [-0.2, 0) is 27.7 Å². The number of aromatic nitrogens is 1. The summed E-state index contributed by atoms with van der Waals surface area (Å²) in [6.07, 6.45) is 1.86. The lowest BCUT2D eigenvalue weighted by molar-refractivity contribution is -0.118. The van der Waals surface area contributed by atoms with Gasteiger partial charge in [-0.3, -0.25) is 4.79 Å². The lowest BCUT2D eigenvalue weighted by atomic mass is 10.0. The Balaban J connectivity index is 1.84. The molecule has 1 aliphatic rings. The molecule has 0 saturated carbocycles. The predicted molar refractivity (Wildman–Crippen MR) is 117 cm³/mol. The van der Waals surface area contributed by atoms with Gasteiger partial charge in [-0.2, -0.15) is 4.31 Å². The van der Waals surface area contributed by atoms with Crippen molar-refractivity contribution in [3.05, 3.63) is 39.8 Å². The van der Waals surface area contributed by atoms with Crippen LogP contribution in [0.5, 0.6) is 0 Å². The molecule has 0 N–H and O–H groups in total. The van der Waals surface area contributed by atoms with E-state index in [-0.39, 0.29) is 12.3 Å².